The number of aromatic nitrogens is 1. The molecular weight excluding hydrogens is 212 g/mol. The van der Waals surface area contributed by atoms with Crippen LogP contribution in [0.3, 0.4) is 0 Å². The molecule has 0 radical (unpaired) electrons. The lowest BCUT2D eigenvalue weighted by Crippen LogP contribution is -2.44. The summed E-state index contributed by atoms with van der Waals surface area (Å²) in [5, 5.41) is 3.36. The maximum atomic E-state index is 12.6. The first-order chi connectivity index (χ1) is 8.22. The first-order valence-electron chi connectivity index (χ1n) is 6.67. The van der Waals surface area contributed by atoms with Crippen LogP contribution in [-0.2, 0) is 12.8 Å². The van der Waals surface area contributed by atoms with Crippen LogP contribution in [0.2, 0.25) is 0 Å². The van der Waals surface area contributed by atoms with Crippen LogP contribution in [0, 0.1) is 18.8 Å². The van der Waals surface area contributed by atoms with Gasteiger partial charge in [-0.05, 0) is 44.2 Å². The molecule has 17 heavy (non-hydrogen) atoms. The van der Waals surface area contributed by atoms with E-state index in [9.17, 15) is 4.79 Å². The fourth-order valence-electron chi connectivity index (χ4n) is 3.54. The second-order valence-electron chi connectivity index (χ2n) is 5.36. The number of carbonyl (C=O) groups is 1. The minimum atomic E-state index is 0.219. The van der Waals surface area contributed by atoms with Crippen molar-refractivity contribution in [2.75, 3.05) is 13.1 Å². The zero-order chi connectivity index (χ0) is 12.0. The molecule has 1 aliphatic heterocycles. The van der Waals surface area contributed by atoms with Gasteiger partial charge in [0, 0.05) is 29.4 Å². The highest BCUT2D eigenvalue weighted by atomic mass is 16.1. The highest BCUT2D eigenvalue weighted by Gasteiger charge is 2.39. The number of aromatic amines is 1. The second-order valence-corrected chi connectivity index (χ2v) is 5.36. The molecule has 0 spiro atoms. The number of Topliss-reactive ketones (excluding diaryl/α,β-unsaturated/α-hetero) is 1. The van der Waals surface area contributed by atoms with E-state index >= 15 is 0 Å². The van der Waals surface area contributed by atoms with Crippen molar-refractivity contribution in [3.63, 3.8) is 0 Å². The van der Waals surface area contributed by atoms with Crippen LogP contribution in [0.4, 0.5) is 0 Å². The Labute approximate surface area is 102 Å². The standard InChI is InChI=1S/C14H20N2O/c1-3-10-8(2)16-12-6-9-4-5-15-7-11(9)14(17)13(10)12/h9,11,15-16H,3-7H2,1-2H3/t9-,11+/m0/s1. The monoisotopic (exact) mass is 232 g/mol. The quantitative estimate of drug-likeness (QED) is 0.776. The first-order valence-corrected chi connectivity index (χ1v) is 6.67. The van der Waals surface area contributed by atoms with Gasteiger partial charge in [0.1, 0.15) is 0 Å². The van der Waals surface area contributed by atoms with Crippen LogP contribution in [0.1, 0.15) is 40.7 Å². The van der Waals surface area contributed by atoms with Gasteiger partial charge in [-0.25, -0.2) is 0 Å². The van der Waals surface area contributed by atoms with Crippen molar-refractivity contribution in [3.8, 4) is 0 Å². The normalized spacial score (nSPS) is 27.8. The summed E-state index contributed by atoms with van der Waals surface area (Å²) in [5.74, 6) is 1.15. The van der Waals surface area contributed by atoms with Gasteiger partial charge in [-0.2, -0.15) is 0 Å². The SMILES string of the molecule is CCc1c(C)[nH]c2c1C(=O)[C@@H]1CNCC[C@H]1C2. The van der Waals surface area contributed by atoms with Crippen molar-refractivity contribution in [1.82, 2.24) is 10.3 Å². The Balaban J connectivity index is 2.06. The summed E-state index contributed by atoms with van der Waals surface area (Å²) < 4.78 is 0. The van der Waals surface area contributed by atoms with Gasteiger partial charge in [0.25, 0.3) is 0 Å². The highest BCUT2D eigenvalue weighted by Crippen LogP contribution is 2.36. The van der Waals surface area contributed by atoms with Gasteiger partial charge in [-0.3, -0.25) is 4.79 Å². The Kier molecular flexibility index (Phi) is 2.58. The van der Waals surface area contributed by atoms with Gasteiger partial charge in [-0.1, -0.05) is 6.92 Å². The third-order valence-corrected chi connectivity index (χ3v) is 4.42. The number of hydrogen-bond acceptors (Lipinski definition) is 2. The number of aryl methyl sites for hydroxylation is 1. The van der Waals surface area contributed by atoms with E-state index in [1.54, 1.807) is 0 Å². The molecule has 3 rings (SSSR count). The number of nitrogens with one attached hydrogen (secondary N) is 2. The third-order valence-electron chi connectivity index (χ3n) is 4.42. The molecule has 2 heterocycles. The number of carbonyl (C=O) groups excluding carboxylic acids is 1. The van der Waals surface area contributed by atoms with Crippen LogP contribution in [-0.4, -0.2) is 23.9 Å². The van der Waals surface area contributed by atoms with Crippen molar-refractivity contribution in [3.05, 3.63) is 22.5 Å². The molecule has 3 nitrogen and oxygen atoms in total. The molecule has 2 aliphatic rings. The molecule has 0 unspecified atom stereocenters. The summed E-state index contributed by atoms with van der Waals surface area (Å²) in [6, 6.07) is 0. The number of ketones is 1. The minimum Gasteiger partial charge on any atom is -0.362 e. The van der Waals surface area contributed by atoms with Crippen molar-refractivity contribution >= 4 is 5.78 Å². The molecule has 92 valence electrons. The molecular formula is C14H20N2O. The van der Waals surface area contributed by atoms with E-state index in [0.29, 0.717) is 11.7 Å². The van der Waals surface area contributed by atoms with E-state index in [4.69, 9.17) is 0 Å². The summed E-state index contributed by atoms with van der Waals surface area (Å²) in [6.07, 6.45) is 3.15. The van der Waals surface area contributed by atoms with Crippen LogP contribution < -0.4 is 5.32 Å². The summed E-state index contributed by atoms with van der Waals surface area (Å²) in [5.41, 5.74) is 4.66. The third kappa shape index (κ3) is 1.56. The Bertz CT molecular complexity index is 461. The van der Waals surface area contributed by atoms with E-state index in [0.717, 1.165) is 37.9 Å². The summed E-state index contributed by atoms with van der Waals surface area (Å²) in [7, 11) is 0. The van der Waals surface area contributed by atoms with Crippen molar-refractivity contribution in [2.45, 2.75) is 33.1 Å². The summed E-state index contributed by atoms with van der Waals surface area (Å²) in [6.45, 7) is 6.15. The predicted octanol–water partition coefficient (Wildman–Crippen LogP) is 1.85. The zero-order valence-electron chi connectivity index (χ0n) is 10.6. The maximum Gasteiger partial charge on any atom is 0.169 e. The Hall–Kier alpha value is -1.09. The minimum absolute atomic E-state index is 0.219. The molecule has 1 aliphatic carbocycles. The van der Waals surface area contributed by atoms with Crippen molar-refractivity contribution in [2.24, 2.45) is 11.8 Å². The van der Waals surface area contributed by atoms with Crippen molar-refractivity contribution in [1.29, 1.82) is 0 Å². The fraction of sp³-hybridized carbons (Fsp3) is 0.643. The number of H-pyrrole nitrogens is 1. The fourth-order valence-corrected chi connectivity index (χ4v) is 3.54. The Morgan fingerprint density at radius 3 is 3.00 bits per heavy atom. The largest absolute Gasteiger partial charge is 0.362 e. The van der Waals surface area contributed by atoms with Gasteiger partial charge >= 0.3 is 0 Å². The number of piperidine rings is 1. The molecule has 1 aromatic heterocycles. The lowest BCUT2D eigenvalue weighted by atomic mass is 9.73. The zero-order valence-corrected chi connectivity index (χ0v) is 10.6. The Morgan fingerprint density at radius 1 is 1.41 bits per heavy atom. The average molecular weight is 232 g/mol. The molecule has 0 bridgehead atoms. The van der Waals surface area contributed by atoms with Crippen LogP contribution in [0.5, 0.6) is 0 Å². The van der Waals surface area contributed by atoms with Gasteiger partial charge in [0.05, 0.1) is 0 Å². The molecule has 2 atom stereocenters. The van der Waals surface area contributed by atoms with Crippen molar-refractivity contribution < 1.29 is 4.79 Å². The smallest absolute Gasteiger partial charge is 0.169 e. The number of fused-ring (bicyclic) bond motifs is 2. The maximum absolute atomic E-state index is 12.6. The van der Waals surface area contributed by atoms with Crippen LogP contribution in [0.15, 0.2) is 0 Å². The van der Waals surface area contributed by atoms with Crippen LogP contribution in [0.25, 0.3) is 0 Å². The molecule has 0 saturated carbocycles. The van der Waals surface area contributed by atoms with E-state index in [1.807, 2.05) is 0 Å². The van der Waals surface area contributed by atoms with Crippen LogP contribution >= 0.6 is 0 Å². The number of rotatable bonds is 1. The topological polar surface area (TPSA) is 44.9 Å². The first kappa shape index (κ1) is 11.0. The molecule has 1 aromatic rings. The van der Waals surface area contributed by atoms with E-state index in [-0.39, 0.29) is 5.92 Å². The lowest BCUT2D eigenvalue weighted by Gasteiger charge is -2.34. The molecule has 1 saturated heterocycles. The van der Waals surface area contributed by atoms with Gasteiger partial charge < -0.3 is 10.3 Å². The molecule has 3 heteroatoms. The lowest BCUT2D eigenvalue weighted by molar-refractivity contribution is 0.0817. The summed E-state index contributed by atoms with van der Waals surface area (Å²) >= 11 is 0. The molecule has 0 aromatic carbocycles. The van der Waals surface area contributed by atoms with E-state index in [2.05, 4.69) is 24.1 Å². The van der Waals surface area contributed by atoms with E-state index < -0.39 is 0 Å². The van der Waals surface area contributed by atoms with Gasteiger partial charge in [-0.15, -0.1) is 0 Å². The predicted molar refractivity (Wildman–Crippen MR) is 67.4 cm³/mol. The molecule has 0 amide bonds. The summed E-state index contributed by atoms with van der Waals surface area (Å²) in [4.78, 5) is 16.0. The molecule has 1 fully saturated rings. The molecule has 2 N–H and O–H groups in total. The second kappa shape index (κ2) is 3.98. The average Bonchev–Trinajstić information content (AvgIpc) is 2.65. The highest BCUT2D eigenvalue weighted by molar-refractivity contribution is 6.02. The number of hydrogen-bond donors (Lipinski definition) is 2. The van der Waals surface area contributed by atoms with Gasteiger partial charge in [0.2, 0.25) is 0 Å². The Morgan fingerprint density at radius 2 is 2.24 bits per heavy atom. The van der Waals surface area contributed by atoms with E-state index in [1.165, 1.54) is 17.0 Å². The van der Waals surface area contributed by atoms with Gasteiger partial charge in [0.15, 0.2) is 5.78 Å².